The Hall–Kier alpha value is -0.870. The van der Waals surface area contributed by atoms with Crippen molar-refractivity contribution in [2.45, 2.75) is 20.0 Å². The van der Waals surface area contributed by atoms with Gasteiger partial charge in [-0.1, -0.05) is 13.8 Å². The number of benzene rings is 1. The number of hydrogen-bond acceptors (Lipinski definition) is 5. The normalized spacial score (nSPS) is 13.2. The predicted molar refractivity (Wildman–Crippen MR) is 81.3 cm³/mol. The summed E-state index contributed by atoms with van der Waals surface area (Å²) in [6.45, 7) is 3.33. The molecule has 0 aliphatic carbocycles. The van der Waals surface area contributed by atoms with Gasteiger partial charge in [-0.2, -0.15) is 8.42 Å². The first-order valence-electron chi connectivity index (χ1n) is 5.75. The van der Waals surface area contributed by atoms with Crippen LogP contribution in [0.15, 0.2) is 18.2 Å². The summed E-state index contributed by atoms with van der Waals surface area (Å²) >= 11 is 1.97. The van der Waals surface area contributed by atoms with Gasteiger partial charge in [0.2, 0.25) is 0 Å². The Bertz CT molecular complexity index is 596. The SMILES string of the molecule is CC(C)C(CS(=O)(=O)O)OC(=O)c1ccc(I)cc1O. The van der Waals surface area contributed by atoms with Gasteiger partial charge in [0.25, 0.3) is 10.1 Å². The zero-order valence-corrected chi connectivity index (χ0v) is 13.9. The number of halogens is 1. The Kier molecular flexibility index (Phi) is 5.78. The lowest BCUT2D eigenvalue weighted by atomic mass is 10.1. The van der Waals surface area contributed by atoms with Gasteiger partial charge >= 0.3 is 5.97 Å². The van der Waals surface area contributed by atoms with E-state index in [4.69, 9.17) is 9.29 Å². The first-order chi connectivity index (χ1) is 9.10. The molecule has 0 radical (unpaired) electrons. The van der Waals surface area contributed by atoms with Gasteiger partial charge in [0, 0.05) is 3.57 Å². The average molecular weight is 414 g/mol. The molecule has 8 heteroatoms. The maximum atomic E-state index is 11.9. The second kappa shape index (κ2) is 6.72. The number of esters is 1. The third-order valence-electron chi connectivity index (χ3n) is 2.56. The number of rotatable bonds is 5. The summed E-state index contributed by atoms with van der Waals surface area (Å²) in [5.41, 5.74) is -0.0496. The van der Waals surface area contributed by atoms with Crippen LogP contribution in [0.4, 0.5) is 0 Å². The molecule has 112 valence electrons. The van der Waals surface area contributed by atoms with Gasteiger partial charge in [-0.05, 0) is 46.7 Å². The van der Waals surface area contributed by atoms with Gasteiger partial charge in [-0.15, -0.1) is 0 Å². The molecule has 1 aromatic carbocycles. The van der Waals surface area contributed by atoms with Crippen molar-refractivity contribution in [3.05, 3.63) is 27.3 Å². The van der Waals surface area contributed by atoms with Crippen molar-refractivity contribution < 1.29 is 27.6 Å². The molecule has 6 nitrogen and oxygen atoms in total. The van der Waals surface area contributed by atoms with Crippen LogP contribution in [0.3, 0.4) is 0 Å². The zero-order chi connectivity index (χ0) is 15.5. The first kappa shape index (κ1) is 17.2. The molecule has 0 aliphatic rings. The summed E-state index contributed by atoms with van der Waals surface area (Å²) in [7, 11) is -4.25. The van der Waals surface area contributed by atoms with E-state index in [-0.39, 0.29) is 17.2 Å². The molecule has 0 amide bonds. The molecular weight excluding hydrogens is 399 g/mol. The molecule has 1 aromatic rings. The molecule has 1 atom stereocenters. The Labute approximate surface area is 131 Å². The highest BCUT2D eigenvalue weighted by Gasteiger charge is 2.25. The molecule has 0 heterocycles. The lowest BCUT2D eigenvalue weighted by molar-refractivity contribution is 0.0241. The molecule has 1 unspecified atom stereocenters. The summed E-state index contributed by atoms with van der Waals surface area (Å²) in [5, 5.41) is 9.67. The van der Waals surface area contributed by atoms with Gasteiger partial charge in [0.15, 0.2) is 0 Å². The van der Waals surface area contributed by atoms with E-state index < -0.39 is 27.9 Å². The molecule has 0 fully saturated rings. The van der Waals surface area contributed by atoms with Crippen molar-refractivity contribution in [3.8, 4) is 5.75 Å². The van der Waals surface area contributed by atoms with Crippen molar-refractivity contribution in [2.24, 2.45) is 5.92 Å². The highest BCUT2D eigenvalue weighted by molar-refractivity contribution is 14.1. The highest BCUT2D eigenvalue weighted by Crippen LogP contribution is 2.22. The number of phenolic OH excluding ortho intramolecular Hbond substituents is 1. The van der Waals surface area contributed by atoms with Crippen molar-refractivity contribution >= 4 is 38.7 Å². The van der Waals surface area contributed by atoms with Gasteiger partial charge in [0.1, 0.15) is 23.2 Å². The fraction of sp³-hybridized carbons (Fsp3) is 0.417. The smallest absolute Gasteiger partial charge is 0.342 e. The summed E-state index contributed by atoms with van der Waals surface area (Å²) in [4.78, 5) is 11.9. The molecule has 0 aliphatic heterocycles. The van der Waals surface area contributed by atoms with E-state index >= 15 is 0 Å². The van der Waals surface area contributed by atoms with Crippen molar-refractivity contribution in [3.63, 3.8) is 0 Å². The number of hydrogen-bond donors (Lipinski definition) is 2. The summed E-state index contributed by atoms with van der Waals surface area (Å²) in [6.07, 6.45) is -0.990. The second-order valence-electron chi connectivity index (χ2n) is 4.60. The minimum Gasteiger partial charge on any atom is -0.507 e. The zero-order valence-electron chi connectivity index (χ0n) is 10.9. The van der Waals surface area contributed by atoms with Crippen LogP contribution in [0.5, 0.6) is 5.75 Å². The quantitative estimate of drug-likeness (QED) is 0.435. The largest absolute Gasteiger partial charge is 0.507 e. The van der Waals surface area contributed by atoms with Gasteiger partial charge in [-0.25, -0.2) is 4.79 Å². The average Bonchev–Trinajstić information content (AvgIpc) is 2.25. The van der Waals surface area contributed by atoms with Crippen LogP contribution in [-0.2, 0) is 14.9 Å². The standard InChI is InChI=1S/C12H15IO6S/c1-7(2)11(6-20(16,17)18)19-12(15)9-4-3-8(13)5-10(9)14/h3-5,7,11,14H,6H2,1-2H3,(H,16,17,18). The highest BCUT2D eigenvalue weighted by atomic mass is 127. The fourth-order valence-electron chi connectivity index (χ4n) is 1.45. The third-order valence-corrected chi connectivity index (χ3v) is 3.98. The molecule has 0 spiro atoms. The summed E-state index contributed by atoms with van der Waals surface area (Å²) < 4.78 is 36.4. The van der Waals surface area contributed by atoms with Crippen LogP contribution in [0, 0.1) is 9.49 Å². The molecule has 2 N–H and O–H groups in total. The van der Waals surface area contributed by atoms with Gasteiger partial charge in [0.05, 0.1) is 0 Å². The maximum absolute atomic E-state index is 11.9. The number of carbonyl (C=O) groups is 1. The van der Waals surface area contributed by atoms with Crippen LogP contribution in [-0.4, -0.2) is 35.9 Å². The second-order valence-corrected chi connectivity index (χ2v) is 7.34. The third kappa shape index (κ3) is 5.25. The molecule has 1 rings (SSSR count). The number of aromatic hydroxyl groups is 1. The van der Waals surface area contributed by atoms with Crippen LogP contribution < -0.4 is 0 Å². The van der Waals surface area contributed by atoms with Crippen LogP contribution in [0.25, 0.3) is 0 Å². The van der Waals surface area contributed by atoms with E-state index in [0.717, 1.165) is 3.57 Å². The Morgan fingerprint density at radius 3 is 2.45 bits per heavy atom. The summed E-state index contributed by atoms with van der Waals surface area (Å²) in [6, 6.07) is 4.40. The molecular formula is C12H15IO6S. The lowest BCUT2D eigenvalue weighted by Gasteiger charge is -2.20. The van der Waals surface area contributed by atoms with E-state index in [9.17, 15) is 18.3 Å². The van der Waals surface area contributed by atoms with E-state index in [1.807, 2.05) is 22.6 Å². The van der Waals surface area contributed by atoms with E-state index in [2.05, 4.69) is 0 Å². The Morgan fingerprint density at radius 1 is 1.40 bits per heavy atom. The van der Waals surface area contributed by atoms with Gasteiger partial charge in [-0.3, -0.25) is 4.55 Å². The fourth-order valence-corrected chi connectivity index (χ4v) is 2.79. The van der Waals surface area contributed by atoms with Gasteiger partial charge < -0.3 is 9.84 Å². The van der Waals surface area contributed by atoms with Crippen molar-refractivity contribution in [1.82, 2.24) is 0 Å². The molecule has 0 saturated carbocycles. The molecule has 20 heavy (non-hydrogen) atoms. The molecule has 0 bridgehead atoms. The topological polar surface area (TPSA) is 101 Å². The number of phenols is 1. The molecule has 0 saturated heterocycles. The minimum absolute atomic E-state index is 0.0496. The van der Waals surface area contributed by atoms with E-state index in [1.54, 1.807) is 19.9 Å². The Morgan fingerprint density at radius 2 is 2.00 bits per heavy atom. The van der Waals surface area contributed by atoms with Crippen LogP contribution in [0.1, 0.15) is 24.2 Å². The predicted octanol–water partition coefficient (Wildman–Crippen LogP) is 2.07. The first-order valence-corrected chi connectivity index (χ1v) is 8.43. The Balaban J connectivity index is 2.91. The minimum atomic E-state index is -4.25. The van der Waals surface area contributed by atoms with Crippen LogP contribution >= 0.6 is 22.6 Å². The number of carbonyl (C=O) groups excluding carboxylic acids is 1. The van der Waals surface area contributed by atoms with Crippen molar-refractivity contribution in [1.29, 1.82) is 0 Å². The maximum Gasteiger partial charge on any atom is 0.342 e. The number of ether oxygens (including phenoxy) is 1. The lowest BCUT2D eigenvalue weighted by Crippen LogP contribution is -2.31. The van der Waals surface area contributed by atoms with Crippen molar-refractivity contribution in [2.75, 3.05) is 5.75 Å². The molecule has 0 aromatic heterocycles. The van der Waals surface area contributed by atoms with Crippen LogP contribution in [0.2, 0.25) is 0 Å². The van der Waals surface area contributed by atoms with E-state index in [1.165, 1.54) is 12.1 Å². The summed E-state index contributed by atoms with van der Waals surface area (Å²) in [5.74, 6) is -2.05. The monoisotopic (exact) mass is 414 g/mol. The van der Waals surface area contributed by atoms with E-state index in [0.29, 0.717) is 0 Å².